The maximum Gasteiger partial charge on any atom is 0.406 e. The minimum absolute atomic E-state index is 0.111. The minimum atomic E-state index is -0.470. The fourth-order valence-corrected chi connectivity index (χ4v) is 1.52. The Kier molecular flexibility index (Phi) is 4.89. The highest BCUT2D eigenvalue weighted by Gasteiger charge is 2.18. The van der Waals surface area contributed by atoms with Crippen LogP contribution in [-0.4, -0.2) is 46.6 Å². The van der Waals surface area contributed by atoms with Crippen molar-refractivity contribution < 1.29 is 4.92 Å². The number of unbranched alkanes of at least 4 members (excludes halogenated alkanes) is 1. The lowest BCUT2D eigenvalue weighted by molar-refractivity contribution is -0.388. The van der Waals surface area contributed by atoms with Crippen LogP contribution in [0.1, 0.15) is 12.8 Å². The molecule has 0 unspecified atom stereocenters. The Morgan fingerprint density at radius 2 is 2.24 bits per heavy atom. The van der Waals surface area contributed by atoms with E-state index in [0.717, 1.165) is 19.4 Å². The molecule has 0 amide bonds. The van der Waals surface area contributed by atoms with Crippen LogP contribution in [0.25, 0.3) is 0 Å². The number of aryl methyl sites for hydroxylation is 1. The summed E-state index contributed by atoms with van der Waals surface area (Å²) in [6.07, 6.45) is 3.48. The molecule has 0 spiro atoms. The molecule has 1 N–H and O–H groups in total. The van der Waals surface area contributed by atoms with Crippen molar-refractivity contribution in [1.29, 1.82) is 0 Å². The standard InChI is InChI=1S/C10H19N5O2/c1-13(2)7-5-4-6-11-9-10(15(16)17)12-8-14(9)3/h8,11H,4-7H2,1-3H3. The monoisotopic (exact) mass is 241 g/mol. The Balaban J connectivity index is 2.41. The summed E-state index contributed by atoms with van der Waals surface area (Å²) >= 11 is 0. The molecule has 1 aromatic rings. The maximum atomic E-state index is 10.7. The Morgan fingerprint density at radius 1 is 1.53 bits per heavy atom. The summed E-state index contributed by atoms with van der Waals surface area (Å²) in [6.45, 7) is 1.74. The van der Waals surface area contributed by atoms with Crippen molar-refractivity contribution in [3.8, 4) is 0 Å². The van der Waals surface area contributed by atoms with E-state index in [1.165, 1.54) is 6.33 Å². The molecule has 0 aliphatic carbocycles. The molecule has 0 saturated carbocycles. The fourth-order valence-electron chi connectivity index (χ4n) is 1.52. The third-order valence-electron chi connectivity index (χ3n) is 2.42. The summed E-state index contributed by atoms with van der Waals surface area (Å²) in [4.78, 5) is 16.1. The van der Waals surface area contributed by atoms with E-state index in [9.17, 15) is 10.1 Å². The molecule has 1 heterocycles. The smallest absolute Gasteiger partial charge is 0.364 e. The summed E-state index contributed by atoms with van der Waals surface area (Å²) in [5.41, 5.74) is 0. The van der Waals surface area contributed by atoms with Crippen molar-refractivity contribution in [3.63, 3.8) is 0 Å². The van der Waals surface area contributed by atoms with Crippen LogP contribution in [0.5, 0.6) is 0 Å². The van der Waals surface area contributed by atoms with Crippen molar-refractivity contribution in [2.75, 3.05) is 32.5 Å². The first-order valence-corrected chi connectivity index (χ1v) is 5.56. The number of rotatable bonds is 7. The van der Waals surface area contributed by atoms with Gasteiger partial charge in [0.1, 0.15) is 0 Å². The predicted octanol–water partition coefficient (Wildman–Crippen LogP) is 1.08. The molecule has 7 nitrogen and oxygen atoms in total. The minimum Gasteiger partial charge on any atom is -0.364 e. The largest absolute Gasteiger partial charge is 0.406 e. The van der Waals surface area contributed by atoms with Crippen LogP contribution < -0.4 is 5.32 Å². The van der Waals surface area contributed by atoms with Gasteiger partial charge in [-0.25, -0.2) is 0 Å². The van der Waals surface area contributed by atoms with E-state index in [1.54, 1.807) is 11.6 Å². The van der Waals surface area contributed by atoms with Gasteiger partial charge in [-0.1, -0.05) is 0 Å². The average molecular weight is 241 g/mol. The van der Waals surface area contributed by atoms with Gasteiger partial charge in [-0.3, -0.25) is 4.57 Å². The lowest BCUT2D eigenvalue weighted by atomic mass is 10.3. The zero-order valence-corrected chi connectivity index (χ0v) is 10.5. The van der Waals surface area contributed by atoms with E-state index >= 15 is 0 Å². The van der Waals surface area contributed by atoms with Crippen molar-refractivity contribution >= 4 is 11.6 Å². The second-order valence-corrected chi connectivity index (χ2v) is 4.22. The van der Waals surface area contributed by atoms with Gasteiger partial charge in [0, 0.05) is 13.6 Å². The van der Waals surface area contributed by atoms with Crippen LogP contribution in [0, 0.1) is 10.1 Å². The molecule has 0 radical (unpaired) electrons. The van der Waals surface area contributed by atoms with Crippen LogP contribution in [0.2, 0.25) is 0 Å². The number of imidazole rings is 1. The first kappa shape index (κ1) is 13.4. The molecule has 0 fully saturated rings. The van der Waals surface area contributed by atoms with Gasteiger partial charge < -0.3 is 20.3 Å². The van der Waals surface area contributed by atoms with E-state index < -0.39 is 4.92 Å². The maximum absolute atomic E-state index is 10.7. The quantitative estimate of drug-likeness (QED) is 0.439. The molecule has 1 aromatic heterocycles. The summed E-state index contributed by atoms with van der Waals surface area (Å²) in [6, 6.07) is 0. The van der Waals surface area contributed by atoms with E-state index in [2.05, 4.69) is 15.2 Å². The lowest BCUT2D eigenvalue weighted by Crippen LogP contribution is -2.14. The topological polar surface area (TPSA) is 76.2 Å². The molecule has 17 heavy (non-hydrogen) atoms. The van der Waals surface area contributed by atoms with Crippen molar-refractivity contribution in [3.05, 3.63) is 16.4 Å². The number of aromatic nitrogens is 2. The molecular formula is C10H19N5O2. The molecule has 96 valence electrons. The van der Waals surface area contributed by atoms with Gasteiger partial charge >= 0.3 is 5.82 Å². The number of hydrogen-bond donors (Lipinski definition) is 1. The summed E-state index contributed by atoms with van der Waals surface area (Å²) in [5.74, 6) is 0.361. The van der Waals surface area contributed by atoms with Crippen LogP contribution in [0.3, 0.4) is 0 Å². The Morgan fingerprint density at radius 3 is 2.82 bits per heavy atom. The Hall–Kier alpha value is -1.63. The van der Waals surface area contributed by atoms with E-state index in [4.69, 9.17) is 0 Å². The van der Waals surface area contributed by atoms with Crippen LogP contribution in [0.4, 0.5) is 11.6 Å². The summed E-state index contributed by atoms with van der Waals surface area (Å²) < 4.78 is 1.63. The third kappa shape index (κ3) is 4.03. The normalized spacial score (nSPS) is 10.8. The van der Waals surface area contributed by atoms with Gasteiger partial charge in [0.05, 0.1) is 0 Å². The van der Waals surface area contributed by atoms with Crippen molar-refractivity contribution in [2.24, 2.45) is 7.05 Å². The Bertz CT molecular complexity index is 375. The van der Waals surface area contributed by atoms with Gasteiger partial charge in [0.25, 0.3) is 0 Å². The first-order chi connectivity index (χ1) is 8.02. The molecule has 0 aromatic carbocycles. The van der Waals surface area contributed by atoms with Crippen LogP contribution in [0.15, 0.2) is 6.33 Å². The summed E-state index contributed by atoms with van der Waals surface area (Å²) in [7, 11) is 5.79. The lowest BCUT2D eigenvalue weighted by Gasteiger charge is -2.09. The van der Waals surface area contributed by atoms with Crippen molar-refractivity contribution in [2.45, 2.75) is 12.8 Å². The van der Waals surface area contributed by atoms with Crippen molar-refractivity contribution in [1.82, 2.24) is 14.5 Å². The van der Waals surface area contributed by atoms with E-state index in [-0.39, 0.29) is 5.82 Å². The second-order valence-electron chi connectivity index (χ2n) is 4.22. The number of nitrogens with one attached hydrogen (secondary N) is 1. The van der Waals surface area contributed by atoms with E-state index in [1.807, 2.05) is 14.1 Å². The van der Waals surface area contributed by atoms with Crippen LogP contribution >= 0.6 is 0 Å². The molecule has 0 aliphatic heterocycles. The fraction of sp³-hybridized carbons (Fsp3) is 0.700. The highest BCUT2D eigenvalue weighted by atomic mass is 16.6. The Labute approximate surface area is 101 Å². The number of anilines is 1. The predicted molar refractivity (Wildman–Crippen MR) is 66.1 cm³/mol. The first-order valence-electron chi connectivity index (χ1n) is 5.56. The summed E-state index contributed by atoms with van der Waals surface area (Å²) in [5, 5.41) is 13.8. The highest BCUT2D eigenvalue weighted by molar-refractivity contribution is 5.51. The zero-order valence-electron chi connectivity index (χ0n) is 10.5. The van der Waals surface area contributed by atoms with Gasteiger partial charge in [0.15, 0.2) is 0 Å². The molecule has 0 bridgehead atoms. The molecular weight excluding hydrogens is 222 g/mol. The average Bonchev–Trinajstić information content (AvgIpc) is 2.59. The van der Waals surface area contributed by atoms with Gasteiger partial charge in [-0.15, -0.1) is 0 Å². The molecule has 0 atom stereocenters. The van der Waals surface area contributed by atoms with Gasteiger partial charge in [0.2, 0.25) is 12.1 Å². The molecule has 1 rings (SSSR count). The van der Waals surface area contributed by atoms with Gasteiger partial charge in [-0.05, 0) is 43.4 Å². The molecule has 0 aliphatic rings. The number of nitrogens with zero attached hydrogens (tertiary/aromatic N) is 4. The van der Waals surface area contributed by atoms with Crippen LogP contribution in [-0.2, 0) is 7.05 Å². The molecule has 7 heteroatoms. The number of nitro groups is 1. The third-order valence-corrected chi connectivity index (χ3v) is 2.42. The van der Waals surface area contributed by atoms with Gasteiger partial charge in [-0.2, -0.15) is 0 Å². The van der Waals surface area contributed by atoms with E-state index in [0.29, 0.717) is 12.4 Å². The molecule has 0 saturated heterocycles. The zero-order chi connectivity index (χ0) is 12.8. The second kappa shape index (κ2) is 6.19. The SMILES string of the molecule is CN(C)CCCCNc1c([N+](=O)[O-])ncn1C. The highest BCUT2D eigenvalue weighted by Crippen LogP contribution is 2.20. The number of hydrogen-bond acceptors (Lipinski definition) is 5.